The molecule has 0 aromatic carbocycles. The summed E-state index contributed by atoms with van der Waals surface area (Å²) in [5.41, 5.74) is -1.85. The van der Waals surface area contributed by atoms with Gasteiger partial charge in [0.1, 0.15) is 0 Å². The van der Waals surface area contributed by atoms with Crippen LogP contribution in [0, 0.1) is 0 Å². The number of esters is 1. The van der Waals surface area contributed by atoms with Crippen LogP contribution >= 0.6 is 0 Å². The van der Waals surface area contributed by atoms with E-state index in [0.717, 1.165) is 7.11 Å². The van der Waals surface area contributed by atoms with Crippen molar-refractivity contribution in [3.63, 3.8) is 0 Å². The van der Waals surface area contributed by atoms with E-state index in [9.17, 15) is 9.18 Å². The van der Waals surface area contributed by atoms with Crippen molar-refractivity contribution < 1.29 is 18.7 Å². The molecule has 0 amide bonds. The molecule has 0 radical (unpaired) electrons. The lowest BCUT2D eigenvalue weighted by Gasteiger charge is -2.30. The van der Waals surface area contributed by atoms with Crippen molar-refractivity contribution in [2.24, 2.45) is 0 Å². The summed E-state index contributed by atoms with van der Waals surface area (Å²) in [7, 11) is 1.15. The normalized spacial score (nSPS) is 22.4. The third-order valence-corrected chi connectivity index (χ3v) is 1.21. The number of hydrogen-bond acceptors (Lipinski definition) is 3. The minimum Gasteiger partial charge on any atom is -0.467 e. The molecule has 1 aliphatic rings. The van der Waals surface area contributed by atoms with Crippen LogP contribution in [0.25, 0.3) is 0 Å². The van der Waals surface area contributed by atoms with E-state index in [1.807, 2.05) is 0 Å². The van der Waals surface area contributed by atoms with Gasteiger partial charge < -0.3 is 9.47 Å². The number of hydrogen-bond donors (Lipinski definition) is 0. The lowest BCUT2D eigenvalue weighted by molar-refractivity contribution is -0.187. The zero-order valence-electron chi connectivity index (χ0n) is 5.02. The Labute approximate surface area is 51.7 Å². The summed E-state index contributed by atoms with van der Waals surface area (Å²) in [6, 6.07) is 0. The number of alkyl halides is 1. The van der Waals surface area contributed by atoms with E-state index in [-0.39, 0.29) is 13.2 Å². The Morgan fingerprint density at radius 1 is 1.78 bits per heavy atom. The van der Waals surface area contributed by atoms with Crippen LogP contribution in [0.1, 0.15) is 0 Å². The molecular formula is C5H7FO3. The molecule has 1 heterocycles. The molecule has 0 aromatic rings. The maximum absolute atomic E-state index is 12.7. The number of ether oxygens (including phenoxy) is 2. The topological polar surface area (TPSA) is 35.5 Å². The van der Waals surface area contributed by atoms with Crippen molar-refractivity contribution in [1.82, 2.24) is 0 Å². The molecule has 4 heteroatoms. The average Bonchev–Trinajstić information content (AvgIpc) is 1.81. The molecular weight excluding hydrogens is 127 g/mol. The van der Waals surface area contributed by atoms with Gasteiger partial charge in [-0.1, -0.05) is 0 Å². The Balaban J connectivity index is 2.49. The average molecular weight is 134 g/mol. The first kappa shape index (κ1) is 6.48. The van der Waals surface area contributed by atoms with E-state index in [4.69, 9.17) is 0 Å². The van der Waals surface area contributed by atoms with E-state index >= 15 is 0 Å². The van der Waals surface area contributed by atoms with Gasteiger partial charge in [-0.25, -0.2) is 9.18 Å². The fourth-order valence-electron chi connectivity index (χ4n) is 0.582. The van der Waals surface area contributed by atoms with E-state index < -0.39 is 11.6 Å². The number of halogens is 1. The Morgan fingerprint density at radius 2 is 2.33 bits per heavy atom. The smallest absolute Gasteiger partial charge is 0.348 e. The molecule has 0 aliphatic carbocycles. The third-order valence-electron chi connectivity index (χ3n) is 1.21. The van der Waals surface area contributed by atoms with Crippen LogP contribution in [0.15, 0.2) is 0 Å². The summed E-state index contributed by atoms with van der Waals surface area (Å²) in [6.07, 6.45) is 0. The van der Waals surface area contributed by atoms with Gasteiger partial charge in [-0.15, -0.1) is 0 Å². The van der Waals surface area contributed by atoms with Gasteiger partial charge in [-0.05, 0) is 0 Å². The monoisotopic (exact) mass is 134 g/mol. The van der Waals surface area contributed by atoms with Gasteiger partial charge >= 0.3 is 5.97 Å². The number of methoxy groups -OCH3 is 1. The quantitative estimate of drug-likeness (QED) is 0.470. The molecule has 0 saturated carbocycles. The van der Waals surface area contributed by atoms with Crippen molar-refractivity contribution >= 4 is 5.97 Å². The van der Waals surface area contributed by atoms with Crippen LogP contribution in [-0.2, 0) is 14.3 Å². The number of carbonyl (C=O) groups is 1. The minimum absolute atomic E-state index is 0.167. The van der Waals surface area contributed by atoms with Crippen LogP contribution in [-0.4, -0.2) is 32.0 Å². The van der Waals surface area contributed by atoms with Crippen LogP contribution < -0.4 is 0 Å². The first-order valence-electron chi connectivity index (χ1n) is 2.54. The van der Waals surface area contributed by atoms with Gasteiger partial charge in [0.2, 0.25) is 0 Å². The summed E-state index contributed by atoms with van der Waals surface area (Å²) in [6.45, 7) is -0.334. The van der Waals surface area contributed by atoms with Gasteiger partial charge in [-0.3, -0.25) is 0 Å². The molecule has 1 rings (SSSR count). The summed E-state index contributed by atoms with van der Waals surface area (Å²) in [5, 5.41) is 0. The molecule has 3 nitrogen and oxygen atoms in total. The maximum atomic E-state index is 12.7. The van der Waals surface area contributed by atoms with Gasteiger partial charge in [0.05, 0.1) is 20.3 Å². The third kappa shape index (κ3) is 0.896. The zero-order valence-corrected chi connectivity index (χ0v) is 5.02. The number of rotatable bonds is 1. The van der Waals surface area contributed by atoms with Gasteiger partial charge in [0.15, 0.2) is 0 Å². The Bertz CT molecular complexity index is 130. The highest BCUT2D eigenvalue weighted by molar-refractivity contribution is 5.80. The zero-order chi connectivity index (χ0) is 6.91. The summed E-state index contributed by atoms with van der Waals surface area (Å²) in [4.78, 5) is 10.4. The highest BCUT2D eigenvalue weighted by atomic mass is 19.1. The molecule has 0 N–H and O–H groups in total. The summed E-state index contributed by atoms with van der Waals surface area (Å²) in [5.74, 6) is -0.839. The Kier molecular flexibility index (Phi) is 1.40. The van der Waals surface area contributed by atoms with E-state index in [1.54, 1.807) is 0 Å². The summed E-state index contributed by atoms with van der Waals surface area (Å²) >= 11 is 0. The van der Waals surface area contributed by atoms with E-state index in [2.05, 4.69) is 9.47 Å². The van der Waals surface area contributed by atoms with Crippen molar-refractivity contribution in [2.75, 3.05) is 20.3 Å². The van der Waals surface area contributed by atoms with Crippen LogP contribution in [0.3, 0.4) is 0 Å². The summed E-state index contributed by atoms with van der Waals surface area (Å²) < 4.78 is 21.3. The SMILES string of the molecule is COC(=O)C1(F)COC1. The highest BCUT2D eigenvalue weighted by Crippen LogP contribution is 2.22. The molecule has 9 heavy (non-hydrogen) atoms. The van der Waals surface area contributed by atoms with Crippen molar-refractivity contribution in [3.05, 3.63) is 0 Å². The largest absolute Gasteiger partial charge is 0.467 e. The van der Waals surface area contributed by atoms with Gasteiger partial charge in [0, 0.05) is 0 Å². The lowest BCUT2D eigenvalue weighted by Crippen LogP contribution is -2.52. The molecule has 0 aromatic heterocycles. The van der Waals surface area contributed by atoms with E-state index in [1.165, 1.54) is 0 Å². The first-order chi connectivity index (χ1) is 4.19. The van der Waals surface area contributed by atoms with Crippen molar-refractivity contribution in [2.45, 2.75) is 5.67 Å². The fourth-order valence-corrected chi connectivity index (χ4v) is 0.582. The lowest BCUT2D eigenvalue weighted by atomic mass is 10.1. The van der Waals surface area contributed by atoms with Crippen LogP contribution in [0.5, 0.6) is 0 Å². The fraction of sp³-hybridized carbons (Fsp3) is 0.800. The molecule has 1 fully saturated rings. The second-order valence-corrected chi connectivity index (χ2v) is 1.95. The van der Waals surface area contributed by atoms with Crippen LogP contribution in [0.2, 0.25) is 0 Å². The molecule has 1 saturated heterocycles. The standard InChI is InChI=1S/C5H7FO3/c1-8-4(7)5(6)2-9-3-5/h2-3H2,1H3. The second-order valence-electron chi connectivity index (χ2n) is 1.95. The minimum atomic E-state index is -1.85. The molecule has 1 aliphatic heterocycles. The second kappa shape index (κ2) is 1.95. The Morgan fingerprint density at radius 3 is 2.44 bits per heavy atom. The van der Waals surface area contributed by atoms with Crippen molar-refractivity contribution in [3.8, 4) is 0 Å². The molecule has 0 atom stereocenters. The molecule has 52 valence electrons. The van der Waals surface area contributed by atoms with Gasteiger partial charge in [-0.2, -0.15) is 0 Å². The highest BCUT2D eigenvalue weighted by Gasteiger charge is 2.47. The van der Waals surface area contributed by atoms with Crippen LogP contribution in [0.4, 0.5) is 4.39 Å². The molecule has 0 unspecified atom stereocenters. The van der Waals surface area contributed by atoms with Crippen molar-refractivity contribution in [1.29, 1.82) is 0 Å². The molecule has 0 spiro atoms. The predicted molar refractivity (Wildman–Crippen MR) is 26.7 cm³/mol. The van der Waals surface area contributed by atoms with Gasteiger partial charge in [0.25, 0.3) is 5.67 Å². The molecule has 0 bridgehead atoms. The number of carbonyl (C=O) groups excluding carboxylic acids is 1. The maximum Gasteiger partial charge on any atom is 0.348 e. The first-order valence-corrected chi connectivity index (χ1v) is 2.54. The predicted octanol–water partition coefficient (Wildman–Crippen LogP) is -0.102. The van der Waals surface area contributed by atoms with E-state index in [0.29, 0.717) is 0 Å². The Hall–Kier alpha value is -0.640.